The van der Waals surface area contributed by atoms with Gasteiger partial charge in [-0.3, -0.25) is 14.2 Å². The standard InChI is InChI=1S/C17H24ClFN4O.HI/c1-2-20-17(21-9-3-8-19)23-11-10-22(16(24)13-23)12-14-4-6-15(18)7-5-14;/h4-7H,2-3,8-13H2,1H3,(H,20,21);1H. The lowest BCUT2D eigenvalue weighted by molar-refractivity contribution is -0.135. The van der Waals surface area contributed by atoms with E-state index in [0.717, 1.165) is 5.56 Å². The fourth-order valence-electron chi connectivity index (χ4n) is 2.54. The van der Waals surface area contributed by atoms with Gasteiger partial charge in [-0.15, -0.1) is 24.0 Å². The number of benzene rings is 1. The van der Waals surface area contributed by atoms with Crippen molar-refractivity contribution in [3.63, 3.8) is 0 Å². The summed E-state index contributed by atoms with van der Waals surface area (Å²) in [5.41, 5.74) is 1.06. The molecule has 1 fully saturated rings. The average Bonchev–Trinajstić information content (AvgIpc) is 2.58. The summed E-state index contributed by atoms with van der Waals surface area (Å²) in [6.07, 6.45) is 0.402. The Kier molecular flexibility index (Phi) is 10.1. The van der Waals surface area contributed by atoms with Crippen LogP contribution in [0.4, 0.5) is 4.39 Å². The van der Waals surface area contributed by atoms with E-state index >= 15 is 0 Å². The molecule has 2 rings (SSSR count). The summed E-state index contributed by atoms with van der Waals surface area (Å²) in [7, 11) is 0. The van der Waals surface area contributed by atoms with Gasteiger partial charge in [0, 0.05) is 37.7 Å². The quantitative estimate of drug-likeness (QED) is 0.294. The molecular weight excluding hydrogens is 458 g/mol. The maximum Gasteiger partial charge on any atom is 0.242 e. The number of hydrogen-bond donors (Lipinski definition) is 1. The van der Waals surface area contributed by atoms with Gasteiger partial charge >= 0.3 is 0 Å². The average molecular weight is 483 g/mol. The van der Waals surface area contributed by atoms with Crippen LogP contribution in [0, 0.1) is 0 Å². The Balaban J connectivity index is 0.00000312. The first-order valence-corrected chi connectivity index (χ1v) is 8.63. The van der Waals surface area contributed by atoms with E-state index in [2.05, 4.69) is 10.3 Å². The normalized spacial score (nSPS) is 15.2. The van der Waals surface area contributed by atoms with Crippen molar-refractivity contribution in [3.8, 4) is 0 Å². The third kappa shape index (κ3) is 6.97. The Morgan fingerprint density at radius 1 is 1.32 bits per heavy atom. The van der Waals surface area contributed by atoms with Gasteiger partial charge < -0.3 is 15.1 Å². The molecule has 1 aliphatic rings. The number of nitrogens with one attached hydrogen (secondary N) is 1. The van der Waals surface area contributed by atoms with Gasteiger partial charge in [-0.1, -0.05) is 23.7 Å². The first-order chi connectivity index (χ1) is 11.6. The second-order valence-electron chi connectivity index (χ2n) is 5.64. The number of alkyl halides is 1. The van der Waals surface area contributed by atoms with Gasteiger partial charge in [-0.2, -0.15) is 0 Å². The largest absolute Gasteiger partial charge is 0.357 e. The molecule has 1 amide bonds. The number of carbonyl (C=O) groups is 1. The molecule has 8 heteroatoms. The molecule has 1 aromatic carbocycles. The molecule has 140 valence electrons. The minimum atomic E-state index is -0.378. The van der Waals surface area contributed by atoms with Gasteiger partial charge in [0.15, 0.2) is 5.96 Å². The second-order valence-corrected chi connectivity index (χ2v) is 6.08. The van der Waals surface area contributed by atoms with Crippen LogP contribution in [-0.4, -0.2) is 61.1 Å². The van der Waals surface area contributed by atoms with E-state index in [1.54, 1.807) is 0 Å². The number of hydrogen-bond acceptors (Lipinski definition) is 2. The van der Waals surface area contributed by atoms with Crippen molar-refractivity contribution in [3.05, 3.63) is 34.9 Å². The number of guanidine groups is 1. The molecule has 0 aliphatic carbocycles. The van der Waals surface area contributed by atoms with Crippen LogP contribution in [0.25, 0.3) is 0 Å². The highest BCUT2D eigenvalue weighted by atomic mass is 127. The van der Waals surface area contributed by atoms with Crippen LogP contribution in [0.5, 0.6) is 0 Å². The molecule has 25 heavy (non-hydrogen) atoms. The van der Waals surface area contributed by atoms with Crippen molar-refractivity contribution in [1.82, 2.24) is 15.1 Å². The molecule has 1 aromatic rings. The van der Waals surface area contributed by atoms with Crippen LogP contribution < -0.4 is 5.32 Å². The van der Waals surface area contributed by atoms with Crippen molar-refractivity contribution in [1.29, 1.82) is 0 Å². The van der Waals surface area contributed by atoms with Crippen molar-refractivity contribution >= 4 is 47.4 Å². The lowest BCUT2D eigenvalue weighted by atomic mass is 10.2. The summed E-state index contributed by atoms with van der Waals surface area (Å²) in [4.78, 5) is 20.6. The van der Waals surface area contributed by atoms with Crippen LogP contribution in [0.3, 0.4) is 0 Å². The Hall–Kier alpha value is -1.09. The fourth-order valence-corrected chi connectivity index (χ4v) is 2.66. The zero-order chi connectivity index (χ0) is 17.4. The number of amides is 1. The Bertz CT molecular complexity index is 570. The van der Waals surface area contributed by atoms with Crippen molar-refractivity contribution in [2.75, 3.05) is 39.4 Å². The monoisotopic (exact) mass is 482 g/mol. The van der Waals surface area contributed by atoms with Crippen LogP contribution in [-0.2, 0) is 11.3 Å². The molecule has 0 aromatic heterocycles. The molecule has 0 spiro atoms. The minimum absolute atomic E-state index is 0. The summed E-state index contributed by atoms with van der Waals surface area (Å²) < 4.78 is 12.2. The van der Waals surface area contributed by atoms with E-state index in [9.17, 15) is 9.18 Å². The van der Waals surface area contributed by atoms with E-state index in [1.165, 1.54) is 0 Å². The van der Waals surface area contributed by atoms with E-state index in [-0.39, 0.29) is 43.1 Å². The summed E-state index contributed by atoms with van der Waals surface area (Å²) in [5.74, 6) is 0.748. The van der Waals surface area contributed by atoms with Gasteiger partial charge in [0.1, 0.15) is 0 Å². The Labute approximate surface area is 170 Å². The Morgan fingerprint density at radius 3 is 2.64 bits per heavy atom. The molecule has 0 unspecified atom stereocenters. The molecule has 1 aliphatic heterocycles. The predicted molar refractivity (Wildman–Crippen MR) is 110 cm³/mol. The van der Waals surface area contributed by atoms with Gasteiger partial charge in [0.05, 0.1) is 13.2 Å². The smallest absolute Gasteiger partial charge is 0.242 e. The second kappa shape index (κ2) is 11.5. The first-order valence-electron chi connectivity index (χ1n) is 8.25. The fraction of sp³-hybridized carbons (Fsp3) is 0.529. The third-order valence-electron chi connectivity index (χ3n) is 3.79. The summed E-state index contributed by atoms with van der Waals surface area (Å²) in [6, 6.07) is 7.53. The van der Waals surface area contributed by atoms with Crippen molar-refractivity contribution in [2.45, 2.75) is 19.9 Å². The summed E-state index contributed by atoms with van der Waals surface area (Å²) in [5, 5.41) is 3.86. The number of aliphatic imine (C=N–C) groups is 1. The summed E-state index contributed by atoms with van der Waals surface area (Å²) in [6.45, 7) is 4.95. The molecule has 1 heterocycles. The number of piperazine rings is 1. The molecule has 5 nitrogen and oxygen atoms in total. The lowest BCUT2D eigenvalue weighted by Crippen LogP contribution is -2.55. The zero-order valence-corrected chi connectivity index (χ0v) is 17.5. The third-order valence-corrected chi connectivity index (χ3v) is 4.05. The first kappa shape index (κ1) is 22.0. The van der Waals surface area contributed by atoms with Gasteiger partial charge in [0.2, 0.25) is 5.91 Å². The Morgan fingerprint density at radius 2 is 2.04 bits per heavy atom. The molecule has 0 saturated carbocycles. The maximum absolute atomic E-state index is 12.4. The topological polar surface area (TPSA) is 47.9 Å². The van der Waals surface area contributed by atoms with Gasteiger partial charge in [-0.05, 0) is 31.0 Å². The molecule has 0 atom stereocenters. The highest BCUT2D eigenvalue weighted by Gasteiger charge is 2.25. The molecular formula is C17H25ClFIN4O. The van der Waals surface area contributed by atoms with Crippen molar-refractivity contribution < 1.29 is 9.18 Å². The van der Waals surface area contributed by atoms with E-state index in [4.69, 9.17) is 11.6 Å². The number of nitrogens with zero attached hydrogens (tertiary/aromatic N) is 3. The molecule has 0 radical (unpaired) electrons. The predicted octanol–water partition coefficient (Wildman–Crippen LogP) is 2.93. The van der Waals surface area contributed by atoms with Crippen LogP contribution in [0.15, 0.2) is 29.3 Å². The van der Waals surface area contributed by atoms with E-state index in [0.29, 0.717) is 50.1 Å². The highest BCUT2D eigenvalue weighted by Crippen LogP contribution is 2.13. The molecule has 1 N–H and O–H groups in total. The maximum atomic E-state index is 12.4. The number of rotatable bonds is 6. The number of halogens is 3. The molecule has 0 bridgehead atoms. The van der Waals surface area contributed by atoms with Crippen LogP contribution >= 0.6 is 35.6 Å². The zero-order valence-electron chi connectivity index (χ0n) is 14.4. The van der Waals surface area contributed by atoms with Gasteiger partial charge in [0.25, 0.3) is 0 Å². The SMILES string of the molecule is CCNC(=NCCCF)N1CCN(Cc2ccc(Cl)cc2)C(=O)C1.I. The highest BCUT2D eigenvalue weighted by molar-refractivity contribution is 14.0. The number of carbonyl (C=O) groups excluding carboxylic acids is 1. The summed E-state index contributed by atoms with van der Waals surface area (Å²) >= 11 is 5.89. The van der Waals surface area contributed by atoms with E-state index < -0.39 is 0 Å². The van der Waals surface area contributed by atoms with E-state index in [1.807, 2.05) is 41.0 Å². The lowest BCUT2D eigenvalue weighted by Gasteiger charge is -2.36. The van der Waals surface area contributed by atoms with Crippen LogP contribution in [0.1, 0.15) is 18.9 Å². The van der Waals surface area contributed by atoms with Crippen LogP contribution in [0.2, 0.25) is 5.02 Å². The van der Waals surface area contributed by atoms with Gasteiger partial charge in [-0.25, -0.2) is 0 Å². The van der Waals surface area contributed by atoms with Crippen molar-refractivity contribution in [2.24, 2.45) is 4.99 Å². The molecule has 1 saturated heterocycles. The minimum Gasteiger partial charge on any atom is -0.357 e.